The Morgan fingerprint density at radius 1 is 0.844 bits per heavy atom. The summed E-state index contributed by atoms with van der Waals surface area (Å²) in [6.07, 6.45) is -17.0. The number of ketones is 2. The van der Waals surface area contributed by atoms with Crippen molar-refractivity contribution in [1.82, 2.24) is 10.2 Å². The Kier molecular flexibility index (Phi) is 12.5. The minimum absolute atomic E-state index is 0.00816. The van der Waals surface area contributed by atoms with Crippen LogP contribution in [-0.2, 0) is 28.5 Å². The first-order valence-corrected chi connectivity index (χ1v) is 19.8. The van der Waals surface area contributed by atoms with E-state index in [2.05, 4.69) is 5.32 Å². The van der Waals surface area contributed by atoms with Gasteiger partial charge in [0.05, 0.1) is 49.1 Å². The van der Waals surface area contributed by atoms with Crippen LogP contribution in [0.1, 0.15) is 84.9 Å². The number of aryl methyl sites for hydroxylation is 1. The number of likely N-dealkylation sites (N-methyl/N-ethyl adjacent to an activating group) is 1. The summed E-state index contributed by atoms with van der Waals surface area (Å²) in [6.45, 7) is 2.87. The lowest BCUT2D eigenvalue weighted by Gasteiger charge is -2.49. The Morgan fingerprint density at radius 2 is 1.48 bits per heavy atom. The van der Waals surface area contributed by atoms with Gasteiger partial charge in [-0.1, -0.05) is 6.07 Å². The number of aromatic hydroxyl groups is 3. The number of amides is 1. The number of nitrogens with one attached hydrogen (secondary N) is 1. The summed E-state index contributed by atoms with van der Waals surface area (Å²) in [4.78, 5) is 66.6. The van der Waals surface area contributed by atoms with Crippen molar-refractivity contribution in [2.24, 2.45) is 0 Å². The van der Waals surface area contributed by atoms with E-state index in [0.717, 1.165) is 19.1 Å². The highest BCUT2D eigenvalue weighted by atomic mass is 16.7. The molecule has 2 aliphatic heterocycles. The summed E-state index contributed by atoms with van der Waals surface area (Å²) in [6, 6.07) is 1.94. The van der Waals surface area contributed by atoms with Gasteiger partial charge in [-0.2, -0.15) is 0 Å². The van der Waals surface area contributed by atoms with Crippen molar-refractivity contribution in [1.29, 1.82) is 0 Å². The van der Waals surface area contributed by atoms with Gasteiger partial charge in [0.15, 0.2) is 24.1 Å². The minimum atomic E-state index is -1.98. The zero-order chi connectivity index (χ0) is 47.0. The second-order valence-electron chi connectivity index (χ2n) is 16.1. The summed E-state index contributed by atoms with van der Waals surface area (Å²) >= 11 is 0. The molecule has 0 bridgehead atoms. The maximum Gasteiger partial charge on any atom is 0.325 e. The Labute approximate surface area is 362 Å². The van der Waals surface area contributed by atoms with Gasteiger partial charge in [0.1, 0.15) is 71.8 Å². The lowest BCUT2D eigenvalue weighted by molar-refractivity contribution is -0.346. The van der Waals surface area contributed by atoms with Gasteiger partial charge >= 0.3 is 11.9 Å². The third-order valence-corrected chi connectivity index (χ3v) is 11.9. The van der Waals surface area contributed by atoms with Crippen molar-refractivity contribution in [3.63, 3.8) is 0 Å². The molecule has 344 valence electrons. The topological polar surface area (TPSA) is 349 Å². The number of carbonyl (C=O) groups excluding carboxylic acids is 3. The Bertz CT molecular complexity index is 2440. The van der Waals surface area contributed by atoms with Crippen LogP contribution in [0.2, 0.25) is 0 Å². The first kappa shape index (κ1) is 46.2. The number of carboxylic acid groups (broad SMARTS) is 2. The molecular formula is C42H46N2O20. The molecule has 12 atom stereocenters. The van der Waals surface area contributed by atoms with E-state index >= 15 is 0 Å². The molecule has 2 heterocycles. The zero-order valence-electron chi connectivity index (χ0n) is 34.7. The predicted molar refractivity (Wildman–Crippen MR) is 212 cm³/mol. The number of methoxy groups -OCH3 is 1. The third-order valence-electron chi connectivity index (χ3n) is 11.9. The van der Waals surface area contributed by atoms with E-state index in [0.29, 0.717) is 0 Å². The van der Waals surface area contributed by atoms with E-state index in [-0.39, 0.29) is 28.0 Å². The van der Waals surface area contributed by atoms with Gasteiger partial charge in [-0.25, -0.2) is 0 Å². The monoisotopic (exact) mass is 898 g/mol. The standard InChI is InChI=1S/C42H46N2O20/c1-12-6-19-26(33(53)23(12)39(57)43-13(2)40(58)59)25-17(9-18-27(34(25)54)30(50)16-7-15(60-5)8-20(45)24(16)29(18)49)31(51)37(19)63-42-36(56)38(28(14(3)62-42)44(4)10-22(47)48)64-41-35(55)32(52)21(46)11-61-41/h6-9,13-14,21,28,31-32,35-38,41-42,45-46,51-56H,10-11H2,1-5H3,(H,43,57)(H,47,48)(H,58,59)/t13?,14?,21?,28?,31-,32?,35?,36?,37-,38?,41?,42?/m0/s1. The number of nitrogens with zero attached hydrogens (tertiary/aromatic N) is 1. The molecule has 11 N–H and O–H groups in total. The zero-order valence-corrected chi connectivity index (χ0v) is 34.7. The quantitative estimate of drug-likeness (QED) is 0.0876. The molecule has 0 saturated carbocycles. The highest BCUT2D eigenvalue weighted by Crippen LogP contribution is 2.57. The van der Waals surface area contributed by atoms with Crippen molar-refractivity contribution in [3.05, 3.63) is 68.8 Å². The molecule has 22 heteroatoms. The molecular weight excluding hydrogens is 852 g/mol. The van der Waals surface area contributed by atoms with Gasteiger partial charge in [0.25, 0.3) is 5.91 Å². The maximum atomic E-state index is 14.1. The number of aliphatic hydroxyl groups excluding tert-OH is 5. The normalized spacial score (nSPS) is 29.0. The molecule has 3 aromatic rings. The van der Waals surface area contributed by atoms with Crippen molar-refractivity contribution in [3.8, 4) is 34.1 Å². The molecule has 64 heavy (non-hydrogen) atoms. The van der Waals surface area contributed by atoms with Gasteiger partial charge < -0.3 is 80.1 Å². The van der Waals surface area contributed by atoms with E-state index in [1.165, 1.54) is 45.0 Å². The van der Waals surface area contributed by atoms with Gasteiger partial charge in [-0.3, -0.25) is 28.9 Å². The minimum Gasteiger partial charge on any atom is -0.507 e. The fraction of sp³-hybridized carbons (Fsp3) is 0.452. The fourth-order valence-electron chi connectivity index (χ4n) is 8.81. The number of rotatable bonds is 11. The van der Waals surface area contributed by atoms with Crippen LogP contribution in [0.25, 0.3) is 11.1 Å². The summed E-state index contributed by atoms with van der Waals surface area (Å²) in [5.41, 5.74) is -3.84. The average Bonchev–Trinajstić information content (AvgIpc) is 3.22. The van der Waals surface area contributed by atoms with Gasteiger partial charge in [-0.15, -0.1) is 0 Å². The molecule has 22 nitrogen and oxygen atoms in total. The van der Waals surface area contributed by atoms with E-state index in [1.54, 1.807) is 0 Å². The Morgan fingerprint density at radius 3 is 2.12 bits per heavy atom. The SMILES string of the molecule is COc1cc(O)c2c(c1)C(=O)c1c(cc3c(c1O)-c1c(cc(C)c(C(=O)NC(C)C(=O)O)c1O)[C@H](OC1OC(C)C(N(C)CC(=O)O)C(OC4OCC(O)C(O)C4O)C1O)[C@H]3O)C2=O. The second kappa shape index (κ2) is 17.3. The van der Waals surface area contributed by atoms with Crippen LogP contribution in [-0.4, -0.2) is 174 Å². The molecule has 4 aliphatic rings. The van der Waals surface area contributed by atoms with Crippen molar-refractivity contribution in [2.75, 3.05) is 27.3 Å². The summed E-state index contributed by atoms with van der Waals surface area (Å²) < 4.78 is 29.0. The van der Waals surface area contributed by atoms with Crippen LogP contribution in [0.4, 0.5) is 0 Å². The molecule has 0 radical (unpaired) electrons. The molecule has 10 unspecified atom stereocenters. The molecule has 2 aliphatic carbocycles. The van der Waals surface area contributed by atoms with Crippen LogP contribution >= 0.6 is 0 Å². The number of benzene rings is 3. The van der Waals surface area contributed by atoms with E-state index in [1.807, 2.05) is 0 Å². The lowest BCUT2D eigenvalue weighted by atomic mass is 9.74. The molecule has 1 amide bonds. The number of hydrogen-bond donors (Lipinski definition) is 11. The highest BCUT2D eigenvalue weighted by molar-refractivity contribution is 6.31. The van der Waals surface area contributed by atoms with Crippen LogP contribution in [0.15, 0.2) is 24.3 Å². The fourth-order valence-corrected chi connectivity index (χ4v) is 8.81. The Hall–Kier alpha value is -5.79. The number of carbonyl (C=O) groups is 5. The van der Waals surface area contributed by atoms with E-state index in [9.17, 15) is 75.0 Å². The first-order valence-electron chi connectivity index (χ1n) is 19.8. The van der Waals surface area contributed by atoms with Crippen molar-refractivity contribution >= 4 is 29.4 Å². The number of fused-ring (bicyclic) bond motifs is 5. The number of aliphatic carboxylic acids is 2. The molecule has 7 rings (SSSR count). The van der Waals surface area contributed by atoms with Gasteiger partial charge in [0, 0.05) is 28.3 Å². The summed E-state index contributed by atoms with van der Waals surface area (Å²) in [5.74, 6) is -8.20. The molecule has 3 aromatic carbocycles. The smallest absolute Gasteiger partial charge is 0.325 e. The average molecular weight is 899 g/mol. The number of phenolic OH excluding ortho intramolecular Hbond substituents is 3. The number of carboxylic acids is 2. The number of phenols is 3. The van der Waals surface area contributed by atoms with Crippen molar-refractivity contribution in [2.45, 2.75) is 94.3 Å². The van der Waals surface area contributed by atoms with Crippen LogP contribution < -0.4 is 10.1 Å². The Balaban J connectivity index is 1.37. The number of hydrogen-bond acceptors (Lipinski definition) is 19. The third kappa shape index (κ3) is 7.70. The second-order valence-corrected chi connectivity index (χ2v) is 16.1. The van der Waals surface area contributed by atoms with Gasteiger partial charge in [0.2, 0.25) is 0 Å². The highest BCUT2D eigenvalue weighted by Gasteiger charge is 2.52. The van der Waals surface area contributed by atoms with Crippen molar-refractivity contribution < 1.29 is 98.7 Å². The first-order chi connectivity index (χ1) is 30.1. The van der Waals surface area contributed by atoms with Crippen LogP contribution in [0, 0.1) is 6.92 Å². The lowest BCUT2D eigenvalue weighted by Crippen LogP contribution is -2.66. The number of ether oxygens (including phenoxy) is 5. The van der Waals surface area contributed by atoms with Crippen LogP contribution in [0.5, 0.6) is 23.0 Å². The van der Waals surface area contributed by atoms with Gasteiger partial charge in [-0.05, 0) is 56.6 Å². The van der Waals surface area contributed by atoms with E-state index < -0.39 is 167 Å². The van der Waals surface area contributed by atoms with E-state index in [4.69, 9.17) is 23.7 Å². The largest absolute Gasteiger partial charge is 0.507 e. The van der Waals surface area contributed by atoms with Crippen LogP contribution in [0.3, 0.4) is 0 Å². The summed E-state index contributed by atoms with van der Waals surface area (Å²) in [5, 5.41) is 112. The molecule has 2 saturated heterocycles. The summed E-state index contributed by atoms with van der Waals surface area (Å²) in [7, 11) is 2.63. The molecule has 2 fully saturated rings. The predicted octanol–water partition coefficient (Wildman–Crippen LogP) is -0.815. The molecule has 0 aromatic heterocycles. The molecule has 0 spiro atoms. The maximum absolute atomic E-state index is 14.1. The number of aliphatic hydroxyl groups is 5.